The molecule has 0 aliphatic rings. The fraction of sp³-hybridized carbons (Fsp3) is 0.357. The average Bonchev–Trinajstić information content (AvgIpc) is 2.70. The Kier molecular flexibility index (Phi) is 3.38. The summed E-state index contributed by atoms with van der Waals surface area (Å²) in [5, 5.41) is 9.93. The van der Waals surface area contributed by atoms with Crippen molar-refractivity contribution in [2.45, 2.75) is 20.0 Å². The van der Waals surface area contributed by atoms with Crippen LogP contribution in [0.5, 0.6) is 5.75 Å². The molecule has 0 aliphatic heterocycles. The molecular formula is C14H18N2O3. The molecule has 2 N–H and O–H groups in total. The van der Waals surface area contributed by atoms with Crippen molar-refractivity contribution in [3.63, 3.8) is 0 Å². The first-order valence-corrected chi connectivity index (χ1v) is 6.12. The highest BCUT2D eigenvalue weighted by atomic mass is 16.5. The number of hydrogen-bond donors (Lipinski definition) is 2. The van der Waals surface area contributed by atoms with Gasteiger partial charge in [0.15, 0.2) is 0 Å². The zero-order valence-electron chi connectivity index (χ0n) is 11.5. The highest BCUT2D eigenvalue weighted by Crippen LogP contribution is 2.32. The number of nitrogens with zero attached hydrogens (tertiary/aromatic N) is 1. The van der Waals surface area contributed by atoms with E-state index < -0.39 is 5.97 Å². The second-order valence-corrected chi connectivity index (χ2v) is 4.95. The normalized spacial score (nSPS) is 11.0. The third-order valence-corrected chi connectivity index (χ3v) is 2.77. The minimum atomic E-state index is -0.966. The number of carbonyl (C=O) groups is 1. The van der Waals surface area contributed by atoms with Gasteiger partial charge < -0.3 is 19.7 Å². The Bertz CT molecular complexity index is 614. The van der Waals surface area contributed by atoms with Gasteiger partial charge in [0.05, 0.1) is 11.6 Å². The summed E-state index contributed by atoms with van der Waals surface area (Å²) in [7, 11) is 3.84. The lowest BCUT2D eigenvalue weighted by atomic mass is 10.2. The van der Waals surface area contributed by atoms with E-state index in [2.05, 4.69) is 4.98 Å². The summed E-state index contributed by atoms with van der Waals surface area (Å²) in [6, 6.07) is 5.39. The number of anilines is 1. The summed E-state index contributed by atoms with van der Waals surface area (Å²) in [5.41, 5.74) is 1.87. The third-order valence-electron chi connectivity index (χ3n) is 2.77. The first-order valence-electron chi connectivity index (χ1n) is 6.12. The molecule has 2 aromatic rings. The summed E-state index contributed by atoms with van der Waals surface area (Å²) in [4.78, 5) is 15.9. The number of benzene rings is 1. The minimum absolute atomic E-state index is 0.0707. The van der Waals surface area contributed by atoms with Crippen LogP contribution in [0.15, 0.2) is 18.2 Å². The van der Waals surface area contributed by atoms with Gasteiger partial charge in [-0.1, -0.05) is 0 Å². The first-order chi connectivity index (χ1) is 8.88. The van der Waals surface area contributed by atoms with Gasteiger partial charge in [-0.3, -0.25) is 0 Å². The predicted octanol–water partition coefficient (Wildman–Crippen LogP) is 2.72. The molecule has 0 bridgehead atoms. The van der Waals surface area contributed by atoms with Gasteiger partial charge >= 0.3 is 5.97 Å². The van der Waals surface area contributed by atoms with Crippen LogP contribution in [0.3, 0.4) is 0 Å². The number of carboxylic acid groups (broad SMARTS) is 1. The number of H-pyrrole nitrogens is 1. The number of rotatable bonds is 4. The van der Waals surface area contributed by atoms with E-state index in [-0.39, 0.29) is 11.8 Å². The zero-order valence-corrected chi connectivity index (χ0v) is 11.5. The molecule has 0 fully saturated rings. The van der Waals surface area contributed by atoms with E-state index in [9.17, 15) is 4.79 Å². The maximum atomic E-state index is 11.0. The number of aromatic carboxylic acids is 1. The van der Waals surface area contributed by atoms with Crippen LogP contribution >= 0.6 is 0 Å². The first kappa shape index (κ1) is 13.3. The van der Waals surface area contributed by atoms with Crippen molar-refractivity contribution in [1.29, 1.82) is 0 Å². The highest BCUT2D eigenvalue weighted by Gasteiger charge is 2.13. The molecule has 19 heavy (non-hydrogen) atoms. The largest absolute Gasteiger partial charge is 0.491 e. The Morgan fingerprint density at radius 2 is 2.00 bits per heavy atom. The summed E-state index contributed by atoms with van der Waals surface area (Å²) >= 11 is 0. The van der Waals surface area contributed by atoms with Crippen LogP contribution in [0.2, 0.25) is 0 Å². The highest BCUT2D eigenvalue weighted by molar-refractivity contribution is 6.00. The Balaban J connectivity index is 2.61. The van der Waals surface area contributed by atoms with Crippen LogP contribution in [0.1, 0.15) is 24.3 Å². The quantitative estimate of drug-likeness (QED) is 0.889. The van der Waals surface area contributed by atoms with Crippen molar-refractivity contribution >= 4 is 22.6 Å². The van der Waals surface area contributed by atoms with Gasteiger partial charge in [0.2, 0.25) is 0 Å². The molecule has 0 atom stereocenters. The lowest BCUT2D eigenvalue weighted by Crippen LogP contribution is -2.10. The van der Waals surface area contributed by atoms with Gasteiger partial charge in [-0.2, -0.15) is 0 Å². The maximum absolute atomic E-state index is 11.0. The number of carboxylic acids is 1. The molecule has 0 saturated heterocycles. The second-order valence-electron chi connectivity index (χ2n) is 4.95. The molecule has 102 valence electrons. The molecule has 0 spiro atoms. The lowest BCUT2D eigenvalue weighted by Gasteiger charge is -2.17. The predicted molar refractivity (Wildman–Crippen MR) is 75.3 cm³/mol. The van der Waals surface area contributed by atoms with Gasteiger partial charge in [-0.05, 0) is 19.9 Å². The van der Waals surface area contributed by atoms with Crippen LogP contribution < -0.4 is 9.64 Å². The van der Waals surface area contributed by atoms with Crippen molar-refractivity contribution in [2.75, 3.05) is 19.0 Å². The van der Waals surface area contributed by atoms with Crippen molar-refractivity contribution in [2.24, 2.45) is 0 Å². The molecule has 1 aromatic carbocycles. The number of aromatic amines is 1. The van der Waals surface area contributed by atoms with Gasteiger partial charge in [0, 0.05) is 37.3 Å². The standard InChI is InChI=1S/C14H18N2O3/c1-8(2)19-9-5-11-10(13(6-9)16(3)4)7-12(15-11)14(17)18/h5-8,15H,1-4H3,(H,17,18). The topological polar surface area (TPSA) is 65.6 Å². The van der Waals surface area contributed by atoms with Gasteiger partial charge in [0.25, 0.3) is 0 Å². The Morgan fingerprint density at radius 3 is 2.53 bits per heavy atom. The van der Waals surface area contributed by atoms with E-state index in [1.807, 2.05) is 45.0 Å². The van der Waals surface area contributed by atoms with Gasteiger partial charge in [-0.25, -0.2) is 4.79 Å². The molecule has 0 aliphatic carbocycles. The van der Waals surface area contributed by atoms with Crippen molar-refractivity contribution in [3.05, 3.63) is 23.9 Å². The number of ether oxygens (including phenoxy) is 1. The van der Waals surface area contributed by atoms with Crippen molar-refractivity contribution < 1.29 is 14.6 Å². The molecule has 1 heterocycles. The fourth-order valence-corrected chi connectivity index (χ4v) is 2.02. The Labute approximate surface area is 111 Å². The van der Waals surface area contributed by atoms with Gasteiger partial charge in [0.1, 0.15) is 11.4 Å². The molecule has 0 radical (unpaired) electrons. The van der Waals surface area contributed by atoms with Crippen LogP contribution in [0.25, 0.3) is 10.9 Å². The second kappa shape index (κ2) is 4.84. The van der Waals surface area contributed by atoms with E-state index in [0.717, 1.165) is 22.3 Å². The number of nitrogens with one attached hydrogen (secondary N) is 1. The van der Waals surface area contributed by atoms with Gasteiger partial charge in [-0.15, -0.1) is 0 Å². The molecule has 0 amide bonds. The summed E-state index contributed by atoms with van der Waals surface area (Å²) in [5.74, 6) is -0.239. The summed E-state index contributed by atoms with van der Waals surface area (Å²) in [6.07, 6.45) is 0.0707. The molecule has 0 saturated carbocycles. The number of fused-ring (bicyclic) bond motifs is 1. The third kappa shape index (κ3) is 2.65. The number of aromatic nitrogens is 1. The SMILES string of the molecule is CC(C)Oc1cc(N(C)C)c2cc(C(=O)O)[nH]c2c1. The zero-order chi connectivity index (χ0) is 14.2. The van der Waals surface area contributed by atoms with Crippen LogP contribution in [0.4, 0.5) is 5.69 Å². The Morgan fingerprint density at radius 1 is 1.32 bits per heavy atom. The smallest absolute Gasteiger partial charge is 0.352 e. The van der Waals surface area contributed by atoms with E-state index in [4.69, 9.17) is 9.84 Å². The molecule has 5 heteroatoms. The summed E-state index contributed by atoms with van der Waals surface area (Å²) in [6.45, 7) is 3.91. The van der Waals surface area contributed by atoms with E-state index >= 15 is 0 Å². The van der Waals surface area contributed by atoms with Crippen molar-refractivity contribution in [1.82, 2.24) is 4.98 Å². The molecule has 1 aromatic heterocycles. The van der Waals surface area contributed by atoms with E-state index in [0.29, 0.717) is 0 Å². The van der Waals surface area contributed by atoms with Crippen molar-refractivity contribution in [3.8, 4) is 5.75 Å². The Hall–Kier alpha value is -2.17. The average molecular weight is 262 g/mol. The van der Waals surface area contributed by atoms with E-state index in [1.165, 1.54) is 0 Å². The minimum Gasteiger partial charge on any atom is -0.491 e. The maximum Gasteiger partial charge on any atom is 0.352 e. The van der Waals surface area contributed by atoms with Crippen LogP contribution in [-0.2, 0) is 0 Å². The van der Waals surface area contributed by atoms with Crippen LogP contribution in [0, 0.1) is 0 Å². The monoisotopic (exact) mass is 262 g/mol. The lowest BCUT2D eigenvalue weighted by molar-refractivity contribution is 0.0691. The molecule has 5 nitrogen and oxygen atoms in total. The molecule has 2 rings (SSSR count). The molecular weight excluding hydrogens is 244 g/mol. The molecule has 0 unspecified atom stereocenters. The summed E-state index contributed by atoms with van der Waals surface area (Å²) < 4.78 is 5.69. The number of hydrogen-bond acceptors (Lipinski definition) is 3. The van der Waals surface area contributed by atoms with E-state index in [1.54, 1.807) is 6.07 Å². The van der Waals surface area contributed by atoms with Crippen LogP contribution in [-0.4, -0.2) is 36.3 Å². The fourth-order valence-electron chi connectivity index (χ4n) is 2.02.